The number of aliphatic hydroxyl groups is 1. The first-order valence-corrected chi connectivity index (χ1v) is 8.01. The van der Waals surface area contributed by atoms with Gasteiger partial charge in [0.1, 0.15) is 6.04 Å². The molecule has 0 saturated carbocycles. The summed E-state index contributed by atoms with van der Waals surface area (Å²) in [5.41, 5.74) is 0.347. The first-order chi connectivity index (χ1) is 12.0. The van der Waals surface area contributed by atoms with Crippen LogP contribution >= 0.6 is 12.2 Å². The number of rotatable bonds is 2. The molecule has 7 nitrogen and oxygen atoms in total. The highest BCUT2D eigenvalue weighted by Crippen LogP contribution is 2.34. The average molecular weight is 354 g/mol. The number of carbonyl (C=O) groups is 2. The van der Waals surface area contributed by atoms with E-state index in [4.69, 9.17) is 12.2 Å². The summed E-state index contributed by atoms with van der Waals surface area (Å²) < 4.78 is 0. The molecule has 2 aliphatic rings. The van der Waals surface area contributed by atoms with Crippen molar-refractivity contribution < 1.29 is 14.7 Å². The van der Waals surface area contributed by atoms with Gasteiger partial charge in [-0.05, 0) is 24.4 Å². The Hall–Kier alpha value is -2.97. The van der Waals surface area contributed by atoms with Crippen LogP contribution in [0.1, 0.15) is 17.2 Å². The number of carbonyl (C=O) groups excluding carboxylic acids is 2. The third-order valence-corrected chi connectivity index (χ3v) is 4.48. The van der Waals surface area contributed by atoms with Crippen LogP contribution in [0.3, 0.4) is 0 Å². The molecular formula is C17H14N4O3S. The normalized spacial score (nSPS) is 23.3. The van der Waals surface area contributed by atoms with Crippen molar-refractivity contribution in [1.29, 1.82) is 0 Å². The summed E-state index contributed by atoms with van der Waals surface area (Å²) in [7, 11) is 0. The maximum Gasteiger partial charge on any atom is 0.282 e. The Morgan fingerprint density at radius 3 is 2.52 bits per heavy atom. The molecule has 2 unspecified atom stereocenters. The molecule has 8 heteroatoms. The summed E-state index contributed by atoms with van der Waals surface area (Å²) in [5.74, 6) is -0.886. The van der Waals surface area contributed by atoms with E-state index >= 15 is 0 Å². The van der Waals surface area contributed by atoms with E-state index in [1.165, 1.54) is 0 Å². The Morgan fingerprint density at radius 1 is 1.04 bits per heavy atom. The largest absolute Gasteiger partial charge is 0.359 e. The molecule has 4 rings (SSSR count). The van der Waals surface area contributed by atoms with Gasteiger partial charge in [0, 0.05) is 22.5 Å². The van der Waals surface area contributed by atoms with Crippen LogP contribution in [0.2, 0.25) is 0 Å². The molecule has 2 atom stereocenters. The number of nitrogens with one attached hydrogen (secondary N) is 4. The summed E-state index contributed by atoms with van der Waals surface area (Å²) in [5, 5.41) is 21.6. The van der Waals surface area contributed by atoms with E-state index in [2.05, 4.69) is 21.3 Å². The Labute approximate surface area is 148 Å². The van der Waals surface area contributed by atoms with Crippen LogP contribution in [0.15, 0.2) is 48.5 Å². The monoisotopic (exact) mass is 354 g/mol. The molecule has 2 aromatic carbocycles. The molecule has 126 valence electrons. The highest BCUT2D eigenvalue weighted by atomic mass is 32.1. The zero-order valence-electron chi connectivity index (χ0n) is 12.9. The zero-order chi connectivity index (χ0) is 17.6. The molecular weight excluding hydrogens is 340 g/mol. The van der Waals surface area contributed by atoms with Crippen LogP contribution < -0.4 is 21.3 Å². The van der Waals surface area contributed by atoms with Gasteiger partial charge in [-0.1, -0.05) is 36.4 Å². The molecule has 0 fully saturated rings. The van der Waals surface area contributed by atoms with E-state index in [1.807, 2.05) is 12.1 Å². The Bertz CT molecular complexity index is 916. The van der Waals surface area contributed by atoms with E-state index in [9.17, 15) is 14.7 Å². The minimum atomic E-state index is -1.99. The van der Waals surface area contributed by atoms with Gasteiger partial charge in [0.25, 0.3) is 11.8 Å². The fourth-order valence-corrected chi connectivity index (χ4v) is 3.32. The Balaban J connectivity index is 1.55. The first kappa shape index (κ1) is 15.6. The summed E-state index contributed by atoms with van der Waals surface area (Å²) in [6, 6.07) is 13.3. The lowest BCUT2D eigenvalue weighted by molar-refractivity contribution is -0.135. The van der Waals surface area contributed by atoms with Gasteiger partial charge in [0.2, 0.25) is 5.72 Å². The summed E-state index contributed by atoms with van der Waals surface area (Å²) in [6.07, 6.45) is 0. The second kappa shape index (κ2) is 5.54. The third kappa shape index (κ3) is 2.43. The minimum Gasteiger partial charge on any atom is -0.359 e. The van der Waals surface area contributed by atoms with E-state index < -0.39 is 17.7 Å². The molecule has 2 aliphatic heterocycles. The SMILES string of the molecule is O=C1Nc2ccccc2C1NC(=S)NC1(O)C(=O)Nc2ccccc21. The second-order valence-corrected chi connectivity index (χ2v) is 6.23. The lowest BCUT2D eigenvalue weighted by Crippen LogP contribution is -2.54. The van der Waals surface area contributed by atoms with E-state index in [-0.39, 0.29) is 11.0 Å². The van der Waals surface area contributed by atoms with Crippen LogP contribution in [-0.2, 0) is 15.3 Å². The predicted molar refractivity (Wildman–Crippen MR) is 95.7 cm³/mol. The fourth-order valence-electron chi connectivity index (χ4n) is 3.05. The van der Waals surface area contributed by atoms with Gasteiger partial charge in [-0.25, -0.2) is 0 Å². The van der Waals surface area contributed by atoms with Gasteiger partial charge >= 0.3 is 0 Å². The van der Waals surface area contributed by atoms with Crippen molar-refractivity contribution >= 4 is 40.5 Å². The number of hydrogen-bond acceptors (Lipinski definition) is 4. The third-order valence-electron chi connectivity index (χ3n) is 4.26. The molecule has 25 heavy (non-hydrogen) atoms. The van der Waals surface area contributed by atoms with Gasteiger partial charge in [0.05, 0.1) is 0 Å². The standard InChI is InChI=1S/C17H14N4O3S/c22-14-13(9-5-1-3-7-11(9)18-14)20-16(25)21-17(24)10-6-2-4-8-12(10)19-15(17)23/h1-8,13,24H,(H,18,22)(H,19,23)(H2,20,21,25). The molecule has 0 saturated heterocycles. The number of hydrogen-bond donors (Lipinski definition) is 5. The van der Waals surface area contributed by atoms with Gasteiger partial charge in [-0.2, -0.15) is 0 Å². The average Bonchev–Trinajstić information content (AvgIpc) is 3.03. The van der Waals surface area contributed by atoms with Crippen LogP contribution in [-0.4, -0.2) is 22.0 Å². The number of anilines is 2. The van der Waals surface area contributed by atoms with Crippen molar-refractivity contribution in [1.82, 2.24) is 10.6 Å². The highest BCUT2D eigenvalue weighted by molar-refractivity contribution is 7.80. The molecule has 0 spiro atoms. The summed E-state index contributed by atoms with van der Waals surface area (Å²) in [6.45, 7) is 0. The molecule has 5 N–H and O–H groups in total. The molecule has 2 aromatic rings. The van der Waals surface area contributed by atoms with Gasteiger partial charge < -0.3 is 26.4 Å². The van der Waals surface area contributed by atoms with Crippen molar-refractivity contribution in [2.24, 2.45) is 0 Å². The zero-order valence-corrected chi connectivity index (χ0v) is 13.7. The van der Waals surface area contributed by atoms with Crippen molar-refractivity contribution in [3.8, 4) is 0 Å². The topological polar surface area (TPSA) is 102 Å². The Morgan fingerprint density at radius 2 is 1.72 bits per heavy atom. The van der Waals surface area contributed by atoms with Crippen molar-refractivity contribution in [3.05, 3.63) is 59.7 Å². The summed E-state index contributed by atoms with van der Waals surface area (Å²) >= 11 is 5.22. The Kier molecular flexibility index (Phi) is 3.45. The van der Waals surface area contributed by atoms with Crippen LogP contribution in [0.25, 0.3) is 0 Å². The molecule has 0 radical (unpaired) electrons. The van der Waals surface area contributed by atoms with Crippen molar-refractivity contribution in [2.75, 3.05) is 10.6 Å². The van der Waals surface area contributed by atoms with Crippen LogP contribution in [0.4, 0.5) is 11.4 Å². The van der Waals surface area contributed by atoms with Crippen molar-refractivity contribution in [2.45, 2.75) is 11.8 Å². The van der Waals surface area contributed by atoms with E-state index in [1.54, 1.807) is 36.4 Å². The number of fused-ring (bicyclic) bond motifs is 2. The fraction of sp³-hybridized carbons (Fsp3) is 0.118. The maximum atomic E-state index is 12.2. The van der Waals surface area contributed by atoms with E-state index in [0.717, 1.165) is 5.56 Å². The number of benzene rings is 2. The van der Waals surface area contributed by atoms with Gasteiger partial charge in [-0.3, -0.25) is 9.59 Å². The number of thiocarbonyl (C=S) groups is 1. The predicted octanol–water partition coefficient (Wildman–Crippen LogP) is 0.941. The molecule has 0 aliphatic carbocycles. The van der Waals surface area contributed by atoms with Gasteiger partial charge in [-0.15, -0.1) is 0 Å². The quantitative estimate of drug-likeness (QED) is 0.406. The van der Waals surface area contributed by atoms with Crippen LogP contribution in [0.5, 0.6) is 0 Å². The molecule has 2 heterocycles. The maximum absolute atomic E-state index is 12.2. The number of para-hydroxylation sites is 2. The lowest BCUT2D eigenvalue weighted by Gasteiger charge is -2.25. The minimum absolute atomic E-state index is 0.00814. The highest BCUT2D eigenvalue weighted by Gasteiger charge is 2.46. The first-order valence-electron chi connectivity index (χ1n) is 7.61. The summed E-state index contributed by atoms with van der Waals surface area (Å²) in [4.78, 5) is 24.3. The van der Waals surface area contributed by atoms with Crippen LogP contribution in [0, 0.1) is 0 Å². The second-order valence-electron chi connectivity index (χ2n) is 5.82. The van der Waals surface area contributed by atoms with E-state index in [0.29, 0.717) is 16.9 Å². The van der Waals surface area contributed by atoms with Gasteiger partial charge in [0.15, 0.2) is 5.11 Å². The molecule has 0 bridgehead atoms. The lowest BCUT2D eigenvalue weighted by atomic mass is 10.0. The molecule has 0 aromatic heterocycles. The van der Waals surface area contributed by atoms with Crippen molar-refractivity contribution in [3.63, 3.8) is 0 Å². The smallest absolute Gasteiger partial charge is 0.282 e. The molecule has 2 amide bonds. The number of amides is 2.